The number of rotatable bonds is 3. The minimum absolute atomic E-state index is 0.00294. The number of nitrogens with two attached hydrogens (primary N) is 1. The molecule has 1 saturated heterocycles. The Morgan fingerprint density at radius 2 is 1.97 bits per heavy atom. The van der Waals surface area contributed by atoms with Crippen molar-refractivity contribution in [1.82, 2.24) is 15.1 Å². The van der Waals surface area contributed by atoms with Crippen LogP contribution >= 0.6 is 0 Å². The number of aromatic nitrogens is 2. The number of carbonyl (C=O) groups excluding carboxylic acids is 1. The number of nitrogens with zero attached hydrogens (tertiary/aromatic N) is 3. The first-order valence-electron chi connectivity index (χ1n) is 10.5. The molecular weight excluding hydrogens is 422 g/mol. The van der Waals surface area contributed by atoms with Gasteiger partial charge in [-0.25, -0.2) is 4.79 Å². The molecule has 3 N–H and O–H groups in total. The molecule has 0 bridgehead atoms. The Labute approximate surface area is 190 Å². The average Bonchev–Trinajstić information content (AvgIpc) is 3.27. The molecule has 0 radical (unpaired) electrons. The molecule has 0 spiro atoms. The Morgan fingerprint density at radius 3 is 2.73 bits per heavy atom. The van der Waals surface area contributed by atoms with Gasteiger partial charge in [0.05, 0.1) is 30.4 Å². The van der Waals surface area contributed by atoms with Gasteiger partial charge < -0.3 is 24.8 Å². The molecule has 3 aromatic rings. The zero-order valence-electron chi connectivity index (χ0n) is 17.7. The van der Waals surface area contributed by atoms with Crippen LogP contribution in [0.4, 0.5) is 4.79 Å². The monoisotopic (exact) mass is 443 g/mol. The third-order valence-electron chi connectivity index (χ3n) is 5.67. The maximum Gasteiger partial charge on any atom is 0.415 e. The summed E-state index contributed by atoms with van der Waals surface area (Å²) in [6, 6.07) is 18.9. The maximum atomic E-state index is 12.6. The summed E-state index contributed by atoms with van der Waals surface area (Å²) in [5.41, 5.74) is 9.38. The normalized spacial score (nSPS) is 17.7. The Hall–Kier alpha value is -4.29. The quantitative estimate of drug-likeness (QED) is 0.637. The Bertz CT molecular complexity index is 1260. The van der Waals surface area contributed by atoms with Crippen LogP contribution in [-0.2, 0) is 4.74 Å². The van der Waals surface area contributed by atoms with Gasteiger partial charge in [-0.1, -0.05) is 42.5 Å². The molecule has 0 aliphatic carbocycles. The van der Waals surface area contributed by atoms with E-state index in [0.29, 0.717) is 43.5 Å². The van der Waals surface area contributed by atoms with Crippen LogP contribution in [0.25, 0.3) is 11.3 Å². The minimum Gasteiger partial charge on any atom is -0.420 e. The van der Waals surface area contributed by atoms with E-state index >= 15 is 0 Å². The smallest absolute Gasteiger partial charge is 0.415 e. The molecule has 1 atom stereocenters. The van der Waals surface area contributed by atoms with Crippen molar-refractivity contribution in [2.45, 2.75) is 5.92 Å². The van der Waals surface area contributed by atoms with E-state index < -0.39 is 12.0 Å². The lowest BCUT2D eigenvalue weighted by Gasteiger charge is -2.26. The van der Waals surface area contributed by atoms with Gasteiger partial charge in [-0.3, -0.25) is 5.10 Å². The number of allylic oxidation sites excluding steroid dienone is 1. The molecule has 2 aliphatic heterocycles. The fourth-order valence-electron chi connectivity index (χ4n) is 4.07. The SMILES string of the molecule is N#CC1=C(N)Oc2n[nH]c(-c3ccccc3)c2[C@@H]1c1cccc(OC(=O)N2CCOCC2)c1. The minimum atomic E-state index is -0.547. The molecule has 0 unspecified atom stereocenters. The van der Waals surface area contributed by atoms with Crippen LogP contribution in [0.5, 0.6) is 11.6 Å². The average molecular weight is 443 g/mol. The molecule has 166 valence electrons. The molecule has 9 heteroatoms. The summed E-state index contributed by atoms with van der Waals surface area (Å²) in [6.07, 6.45) is -0.438. The number of nitrogens with one attached hydrogen (secondary N) is 1. The fraction of sp³-hybridized carbons (Fsp3) is 0.208. The second-order valence-electron chi connectivity index (χ2n) is 7.65. The standard InChI is InChI=1S/C24H21N5O4/c25-14-18-19(16-7-4-8-17(13-16)32-24(30)29-9-11-31-12-10-29)20-21(15-5-2-1-3-6-15)27-28-23(20)33-22(18)26/h1-8,13,19H,9-12,26H2,(H,27,28)/t19-/m1/s1. The van der Waals surface area contributed by atoms with Crippen LogP contribution in [0, 0.1) is 11.3 Å². The van der Waals surface area contributed by atoms with E-state index in [1.165, 1.54) is 0 Å². The van der Waals surface area contributed by atoms with Crippen molar-refractivity contribution in [3.8, 4) is 29.0 Å². The van der Waals surface area contributed by atoms with E-state index in [0.717, 1.165) is 16.8 Å². The Morgan fingerprint density at radius 1 is 1.18 bits per heavy atom. The first kappa shape index (κ1) is 20.6. The van der Waals surface area contributed by atoms with E-state index in [1.807, 2.05) is 36.4 Å². The number of nitriles is 1. The van der Waals surface area contributed by atoms with Crippen molar-refractivity contribution in [3.63, 3.8) is 0 Å². The van der Waals surface area contributed by atoms with Gasteiger partial charge in [0.2, 0.25) is 11.8 Å². The van der Waals surface area contributed by atoms with E-state index in [4.69, 9.17) is 19.9 Å². The number of hydrogen-bond donors (Lipinski definition) is 2. The Kier molecular flexibility index (Phi) is 5.42. The number of benzene rings is 2. The van der Waals surface area contributed by atoms with Crippen molar-refractivity contribution in [2.24, 2.45) is 5.73 Å². The summed E-state index contributed by atoms with van der Waals surface area (Å²) < 4.78 is 16.6. The lowest BCUT2D eigenvalue weighted by molar-refractivity contribution is 0.0416. The molecule has 5 rings (SSSR count). The summed E-state index contributed by atoms with van der Waals surface area (Å²) >= 11 is 0. The van der Waals surface area contributed by atoms with Crippen LogP contribution in [0.15, 0.2) is 66.1 Å². The molecule has 1 amide bonds. The van der Waals surface area contributed by atoms with Crippen LogP contribution in [0.3, 0.4) is 0 Å². The molecule has 33 heavy (non-hydrogen) atoms. The highest BCUT2D eigenvalue weighted by Gasteiger charge is 2.35. The summed E-state index contributed by atoms with van der Waals surface area (Å²) in [5.74, 6) is 0.135. The molecular formula is C24H21N5O4. The number of morpholine rings is 1. The zero-order valence-corrected chi connectivity index (χ0v) is 17.7. The highest BCUT2D eigenvalue weighted by Crippen LogP contribution is 2.46. The lowest BCUT2D eigenvalue weighted by atomic mass is 9.83. The molecule has 1 fully saturated rings. The van der Waals surface area contributed by atoms with Gasteiger partial charge in [0.15, 0.2) is 0 Å². The van der Waals surface area contributed by atoms with E-state index in [9.17, 15) is 10.1 Å². The molecule has 2 aliphatic rings. The maximum absolute atomic E-state index is 12.6. The molecule has 3 heterocycles. The van der Waals surface area contributed by atoms with E-state index in [-0.39, 0.29) is 11.5 Å². The first-order chi connectivity index (χ1) is 16.2. The highest BCUT2D eigenvalue weighted by atomic mass is 16.6. The summed E-state index contributed by atoms with van der Waals surface area (Å²) in [5, 5.41) is 17.2. The number of hydrogen-bond acceptors (Lipinski definition) is 7. The third-order valence-corrected chi connectivity index (χ3v) is 5.67. The molecule has 0 saturated carbocycles. The summed E-state index contributed by atoms with van der Waals surface area (Å²) in [4.78, 5) is 14.2. The van der Waals surface area contributed by atoms with Crippen molar-refractivity contribution in [2.75, 3.05) is 26.3 Å². The predicted octanol–water partition coefficient (Wildman–Crippen LogP) is 3.13. The van der Waals surface area contributed by atoms with Gasteiger partial charge in [-0.2, -0.15) is 5.26 Å². The van der Waals surface area contributed by atoms with Crippen molar-refractivity contribution >= 4 is 6.09 Å². The number of ether oxygens (including phenoxy) is 3. The number of amides is 1. The summed E-state index contributed by atoms with van der Waals surface area (Å²) in [6.45, 7) is 1.93. The molecule has 1 aromatic heterocycles. The largest absolute Gasteiger partial charge is 0.420 e. The second kappa shape index (κ2) is 8.68. The fourth-order valence-corrected chi connectivity index (χ4v) is 4.07. The molecule has 9 nitrogen and oxygen atoms in total. The van der Waals surface area contributed by atoms with Crippen LogP contribution in [0.2, 0.25) is 0 Å². The third kappa shape index (κ3) is 3.88. The van der Waals surface area contributed by atoms with Gasteiger partial charge >= 0.3 is 6.09 Å². The second-order valence-corrected chi connectivity index (χ2v) is 7.65. The lowest BCUT2D eigenvalue weighted by Crippen LogP contribution is -2.42. The highest BCUT2D eigenvalue weighted by molar-refractivity contribution is 5.72. The van der Waals surface area contributed by atoms with E-state index in [1.54, 1.807) is 23.1 Å². The predicted molar refractivity (Wildman–Crippen MR) is 118 cm³/mol. The molecule has 2 aromatic carbocycles. The summed E-state index contributed by atoms with van der Waals surface area (Å²) in [7, 11) is 0. The Balaban J connectivity index is 1.54. The number of carbonyl (C=O) groups is 1. The van der Waals surface area contributed by atoms with Gasteiger partial charge in [-0.15, -0.1) is 5.10 Å². The van der Waals surface area contributed by atoms with Crippen LogP contribution < -0.4 is 15.2 Å². The van der Waals surface area contributed by atoms with Gasteiger partial charge in [0.1, 0.15) is 17.4 Å². The number of aromatic amines is 1. The topological polar surface area (TPSA) is 126 Å². The van der Waals surface area contributed by atoms with Crippen molar-refractivity contribution in [3.05, 3.63) is 77.2 Å². The van der Waals surface area contributed by atoms with Crippen molar-refractivity contribution in [1.29, 1.82) is 5.26 Å². The van der Waals surface area contributed by atoms with Crippen molar-refractivity contribution < 1.29 is 19.0 Å². The van der Waals surface area contributed by atoms with Gasteiger partial charge in [0.25, 0.3) is 0 Å². The van der Waals surface area contributed by atoms with E-state index in [2.05, 4.69) is 16.3 Å². The first-order valence-corrected chi connectivity index (χ1v) is 10.5. The van der Waals surface area contributed by atoms with Crippen LogP contribution in [0.1, 0.15) is 17.0 Å². The number of fused-ring (bicyclic) bond motifs is 1. The zero-order chi connectivity index (χ0) is 22.8. The van der Waals surface area contributed by atoms with Gasteiger partial charge in [-0.05, 0) is 23.3 Å². The van der Waals surface area contributed by atoms with Gasteiger partial charge in [0, 0.05) is 13.1 Å². The number of H-pyrrole nitrogens is 1. The van der Waals surface area contributed by atoms with Crippen LogP contribution in [-0.4, -0.2) is 47.5 Å².